The summed E-state index contributed by atoms with van der Waals surface area (Å²) in [4.78, 5) is 17.3. The van der Waals surface area contributed by atoms with Gasteiger partial charge in [-0.3, -0.25) is 10.1 Å². The number of carbonyl (C=O) groups is 1. The molecule has 0 radical (unpaired) electrons. The number of aromatic nitrogens is 6. The molecule has 0 fully saturated rings. The van der Waals surface area contributed by atoms with Crippen molar-refractivity contribution < 1.29 is 18.0 Å². The molecule has 0 atom stereocenters. The number of anilines is 1. The molecule has 0 spiro atoms. The van der Waals surface area contributed by atoms with Crippen molar-refractivity contribution in [3.63, 3.8) is 0 Å². The van der Waals surface area contributed by atoms with E-state index in [0.717, 1.165) is 23.3 Å². The number of amides is 1. The van der Waals surface area contributed by atoms with E-state index >= 15 is 0 Å². The molecule has 0 aliphatic rings. The highest BCUT2D eigenvalue weighted by atomic mass is 19.4. The number of hydrogen-bond donors (Lipinski definition) is 2. The standard InChI is InChI=1S/C27H23F3N8O/c1-4-18-13-20(27(28,29)30)14-22-23(18)37(3)26(31-21-11-5-16(2)6-12-21)38(22)15-17-7-9-19(10-8-17)24(39)32-25-33-35-36-34-25/h4-14H,1,15H2,2-3H3,(H2,32,33,34,35,36,39). The van der Waals surface area contributed by atoms with Gasteiger partial charge in [0.25, 0.3) is 5.91 Å². The number of carbonyl (C=O) groups excluding carboxylic acids is 1. The van der Waals surface area contributed by atoms with Crippen molar-refractivity contribution in [3.05, 3.63) is 101 Å². The van der Waals surface area contributed by atoms with Gasteiger partial charge in [-0.15, -0.1) is 0 Å². The SMILES string of the molecule is C=Cc1cc(C(F)(F)F)cc2c1n(C)c(=Nc1ccc(C)cc1)n2Cc1ccc(C(=O)Nc2nnn[nH]2)cc1. The van der Waals surface area contributed by atoms with Crippen molar-refractivity contribution in [3.8, 4) is 0 Å². The minimum Gasteiger partial charge on any atom is -0.312 e. The van der Waals surface area contributed by atoms with Gasteiger partial charge >= 0.3 is 6.18 Å². The molecule has 0 aliphatic heterocycles. The number of tetrazole rings is 1. The molecule has 0 unspecified atom stereocenters. The molecule has 2 aromatic heterocycles. The Kier molecular flexibility index (Phi) is 6.60. The molecule has 5 aromatic rings. The second kappa shape index (κ2) is 10.0. The minimum atomic E-state index is -4.54. The molecule has 198 valence electrons. The lowest BCUT2D eigenvalue weighted by atomic mass is 10.1. The molecule has 0 saturated heterocycles. The predicted octanol–water partition coefficient (Wildman–Crippen LogP) is 5.00. The van der Waals surface area contributed by atoms with Crippen LogP contribution in [-0.4, -0.2) is 35.7 Å². The Bertz CT molecular complexity index is 1730. The van der Waals surface area contributed by atoms with E-state index < -0.39 is 17.6 Å². The smallest absolute Gasteiger partial charge is 0.312 e. The maximum absolute atomic E-state index is 13.8. The first-order chi connectivity index (χ1) is 18.6. The molecule has 1 amide bonds. The quantitative estimate of drug-likeness (QED) is 0.321. The first-order valence-corrected chi connectivity index (χ1v) is 11.8. The van der Waals surface area contributed by atoms with Crippen LogP contribution in [0.15, 0.2) is 72.2 Å². The number of nitrogens with zero attached hydrogens (tertiary/aromatic N) is 6. The van der Waals surface area contributed by atoms with Gasteiger partial charge in [-0.2, -0.15) is 13.2 Å². The molecule has 2 N–H and O–H groups in total. The third-order valence-electron chi connectivity index (χ3n) is 6.23. The number of hydrogen-bond acceptors (Lipinski definition) is 5. The van der Waals surface area contributed by atoms with E-state index in [0.29, 0.717) is 33.5 Å². The van der Waals surface area contributed by atoms with E-state index in [4.69, 9.17) is 4.99 Å². The Labute approximate surface area is 220 Å². The molecule has 0 bridgehead atoms. The van der Waals surface area contributed by atoms with Crippen LogP contribution in [0.1, 0.15) is 32.6 Å². The van der Waals surface area contributed by atoms with E-state index in [1.165, 1.54) is 6.08 Å². The number of H-pyrrole nitrogens is 1. The molecule has 5 rings (SSSR count). The number of aromatic amines is 1. The van der Waals surface area contributed by atoms with Gasteiger partial charge in [0.2, 0.25) is 11.6 Å². The van der Waals surface area contributed by atoms with E-state index in [2.05, 4.69) is 32.5 Å². The van der Waals surface area contributed by atoms with Gasteiger partial charge in [0.1, 0.15) is 0 Å². The largest absolute Gasteiger partial charge is 0.416 e. The molecule has 0 saturated carbocycles. The fourth-order valence-corrected chi connectivity index (χ4v) is 4.28. The van der Waals surface area contributed by atoms with Crippen molar-refractivity contribution in [2.75, 3.05) is 5.32 Å². The molecule has 12 heteroatoms. The fraction of sp³-hybridized carbons (Fsp3) is 0.148. The van der Waals surface area contributed by atoms with Crippen LogP contribution < -0.4 is 10.9 Å². The number of imidazole rings is 1. The highest BCUT2D eigenvalue weighted by Gasteiger charge is 2.32. The van der Waals surface area contributed by atoms with Crippen LogP contribution in [0.2, 0.25) is 0 Å². The number of nitrogens with one attached hydrogen (secondary N) is 2. The molecule has 39 heavy (non-hydrogen) atoms. The van der Waals surface area contributed by atoms with E-state index in [9.17, 15) is 18.0 Å². The zero-order valence-electron chi connectivity index (χ0n) is 21.0. The van der Waals surface area contributed by atoms with Crippen molar-refractivity contribution in [2.24, 2.45) is 12.0 Å². The highest BCUT2D eigenvalue weighted by molar-refractivity contribution is 6.03. The molecule has 3 aromatic carbocycles. The predicted molar refractivity (Wildman–Crippen MR) is 140 cm³/mol. The lowest BCUT2D eigenvalue weighted by molar-refractivity contribution is -0.137. The van der Waals surface area contributed by atoms with Crippen LogP contribution in [0.25, 0.3) is 17.1 Å². The minimum absolute atomic E-state index is 0.108. The highest BCUT2D eigenvalue weighted by Crippen LogP contribution is 2.34. The van der Waals surface area contributed by atoms with Crippen LogP contribution in [0.5, 0.6) is 0 Å². The maximum Gasteiger partial charge on any atom is 0.416 e. The summed E-state index contributed by atoms with van der Waals surface area (Å²) in [6, 6.07) is 16.5. The van der Waals surface area contributed by atoms with Gasteiger partial charge in [0.15, 0.2) is 0 Å². The van der Waals surface area contributed by atoms with Crippen LogP contribution in [0, 0.1) is 6.92 Å². The maximum atomic E-state index is 13.8. The summed E-state index contributed by atoms with van der Waals surface area (Å²) in [6.07, 6.45) is -3.13. The normalized spacial score (nSPS) is 12.2. The number of benzene rings is 3. The van der Waals surface area contributed by atoms with Crippen molar-refractivity contribution in [2.45, 2.75) is 19.6 Å². The lowest BCUT2D eigenvalue weighted by Gasteiger charge is -2.11. The first-order valence-electron chi connectivity index (χ1n) is 11.8. The monoisotopic (exact) mass is 532 g/mol. The van der Waals surface area contributed by atoms with E-state index in [-0.39, 0.29) is 12.5 Å². The Morgan fingerprint density at radius 3 is 2.46 bits per heavy atom. The summed E-state index contributed by atoms with van der Waals surface area (Å²) in [5.74, 6) is -0.311. The number of rotatable bonds is 6. The van der Waals surface area contributed by atoms with Crippen LogP contribution >= 0.6 is 0 Å². The van der Waals surface area contributed by atoms with Crippen molar-refractivity contribution >= 4 is 34.7 Å². The van der Waals surface area contributed by atoms with Crippen LogP contribution in [-0.2, 0) is 19.8 Å². The van der Waals surface area contributed by atoms with Crippen molar-refractivity contribution in [1.29, 1.82) is 0 Å². The summed E-state index contributed by atoms with van der Waals surface area (Å²) in [5.41, 5.74) is 3.77. The zero-order valence-corrected chi connectivity index (χ0v) is 21.0. The van der Waals surface area contributed by atoms with Crippen molar-refractivity contribution in [1.82, 2.24) is 29.8 Å². The number of fused-ring (bicyclic) bond motifs is 1. The summed E-state index contributed by atoms with van der Waals surface area (Å²) < 4.78 is 44.9. The van der Waals surface area contributed by atoms with Gasteiger partial charge in [-0.05, 0) is 59.3 Å². The summed E-state index contributed by atoms with van der Waals surface area (Å²) >= 11 is 0. The number of aryl methyl sites for hydroxylation is 2. The first kappa shape index (κ1) is 25.6. The Morgan fingerprint density at radius 1 is 1.13 bits per heavy atom. The third kappa shape index (κ3) is 5.21. The molecular weight excluding hydrogens is 509 g/mol. The van der Waals surface area contributed by atoms with Gasteiger partial charge in [-0.25, -0.2) is 10.1 Å². The fourth-order valence-electron chi connectivity index (χ4n) is 4.28. The summed E-state index contributed by atoms with van der Waals surface area (Å²) in [7, 11) is 1.76. The molecule has 0 aliphatic carbocycles. The van der Waals surface area contributed by atoms with Crippen LogP contribution in [0.3, 0.4) is 0 Å². The van der Waals surface area contributed by atoms with E-state index in [1.807, 2.05) is 31.2 Å². The Morgan fingerprint density at radius 2 is 1.85 bits per heavy atom. The molecular formula is C27H23F3N8O. The van der Waals surface area contributed by atoms with Crippen LogP contribution in [0.4, 0.5) is 24.8 Å². The summed E-state index contributed by atoms with van der Waals surface area (Å²) in [6.45, 7) is 5.90. The number of halogens is 3. The van der Waals surface area contributed by atoms with Gasteiger partial charge in [0.05, 0.1) is 28.8 Å². The van der Waals surface area contributed by atoms with E-state index in [1.54, 1.807) is 40.4 Å². The second-order valence-electron chi connectivity index (χ2n) is 8.93. The average molecular weight is 533 g/mol. The van der Waals surface area contributed by atoms with Gasteiger partial charge < -0.3 is 9.13 Å². The summed E-state index contributed by atoms with van der Waals surface area (Å²) in [5, 5.41) is 15.4. The topological polar surface area (TPSA) is 106 Å². The third-order valence-corrected chi connectivity index (χ3v) is 6.23. The van der Waals surface area contributed by atoms with Gasteiger partial charge in [-0.1, -0.05) is 47.6 Å². The van der Waals surface area contributed by atoms with Gasteiger partial charge in [0, 0.05) is 18.2 Å². The average Bonchev–Trinajstić information content (AvgIpc) is 3.51. The Hall–Kier alpha value is -5.00. The molecule has 9 nitrogen and oxygen atoms in total. The Balaban J connectivity index is 1.63. The zero-order chi connectivity index (χ0) is 27.7. The lowest BCUT2D eigenvalue weighted by Crippen LogP contribution is -2.24. The number of alkyl halides is 3. The second-order valence-corrected chi connectivity index (χ2v) is 8.93. The molecule has 2 heterocycles.